The Morgan fingerprint density at radius 1 is 1.40 bits per heavy atom. The molecular formula is C11H18N2O2. The van der Waals surface area contributed by atoms with Gasteiger partial charge in [-0.2, -0.15) is 0 Å². The van der Waals surface area contributed by atoms with E-state index in [-0.39, 0.29) is 24.4 Å². The third kappa shape index (κ3) is 2.13. The molecule has 0 aromatic carbocycles. The molecule has 1 N–H and O–H groups in total. The summed E-state index contributed by atoms with van der Waals surface area (Å²) in [5, 5.41) is 2.60. The molecule has 1 saturated heterocycles. The maximum Gasteiger partial charge on any atom is 0.242 e. The molecule has 0 aromatic heterocycles. The summed E-state index contributed by atoms with van der Waals surface area (Å²) in [7, 11) is 0. The van der Waals surface area contributed by atoms with Gasteiger partial charge >= 0.3 is 0 Å². The highest BCUT2D eigenvalue weighted by Crippen LogP contribution is 2.29. The van der Waals surface area contributed by atoms with E-state index < -0.39 is 0 Å². The summed E-state index contributed by atoms with van der Waals surface area (Å²) in [6, 6.07) is -0.286. The summed E-state index contributed by atoms with van der Waals surface area (Å²) in [6.45, 7) is 2.72. The fourth-order valence-electron chi connectivity index (χ4n) is 2.19. The SMILES string of the molecule is CC1C(=O)NCC(=O)N1CCC1CCC1. The normalized spacial score (nSPS) is 27.5. The first-order valence-corrected chi connectivity index (χ1v) is 5.75. The van der Waals surface area contributed by atoms with E-state index in [9.17, 15) is 9.59 Å². The number of nitrogens with one attached hydrogen (secondary N) is 1. The number of amides is 2. The second-order valence-electron chi connectivity index (χ2n) is 4.57. The highest BCUT2D eigenvalue weighted by Gasteiger charge is 2.31. The van der Waals surface area contributed by atoms with Crippen LogP contribution in [0.3, 0.4) is 0 Å². The fourth-order valence-corrected chi connectivity index (χ4v) is 2.19. The first-order chi connectivity index (χ1) is 7.18. The molecule has 84 valence electrons. The Labute approximate surface area is 90.0 Å². The van der Waals surface area contributed by atoms with Gasteiger partial charge in [0.15, 0.2) is 0 Å². The number of carbonyl (C=O) groups is 2. The lowest BCUT2D eigenvalue weighted by atomic mass is 9.83. The molecule has 4 heteroatoms. The van der Waals surface area contributed by atoms with E-state index in [0.717, 1.165) is 18.9 Å². The molecule has 0 aromatic rings. The Morgan fingerprint density at radius 3 is 2.73 bits per heavy atom. The van der Waals surface area contributed by atoms with E-state index in [0.29, 0.717) is 0 Å². The maximum atomic E-state index is 11.6. The second-order valence-corrected chi connectivity index (χ2v) is 4.57. The van der Waals surface area contributed by atoms with E-state index >= 15 is 0 Å². The molecule has 2 rings (SSSR count). The lowest BCUT2D eigenvalue weighted by Gasteiger charge is -2.35. The molecule has 15 heavy (non-hydrogen) atoms. The standard InChI is InChI=1S/C11H18N2O2/c1-8-11(15)12-7-10(14)13(8)6-5-9-3-2-4-9/h8-9H,2-7H2,1H3,(H,12,15). The van der Waals surface area contributed by atoms with Crippen molar-refractivity contribution >= 4 is 11.8 Å². The number of hydrogen-bond donors (Lipinski definition) is 1. The Balaban J connectivity index is 1.86. The van der Waals surface area contributed by atoms with Gasteiger partial charge in [0.2, 0.25) is 11.8 Å². The topological polar surface area (TPSA) is 49.4 Å². The van der Waals surface area contributed by atoms with E-state index in [4.69, 9.17) is 0 Å². The van der Waals surface area contributed by atoms with Gasteiger partial charge in [-0.25, -0.2) is 0 Å². The quantitative estimate of drug-likeness (QED) is 0.738. The summed E-state index contributed by atoms with van der Waals surface area (Å²) >= 11 is 0. The zero-order valence-electron chi connectivity index (χ0n) is 9.16. The average Bonchev–Trinajstić information content (AvgIpc) is 2.15. The highest BCUT2D eigenvalue weighted by atomic mass is 16.2. The molecule has 2 fully saturated rings. The van der Waals surface area contributed by atoms with Crippen molar-refractivity contribution in [2.24, 2.45) is 5.92 Å². The van der Waals surface area contributed by atoms with Crippen molar-refractivity contribution in [3.8, 4) is 0 Å². The Bertz CT molecular complexity index is 274. The van der Waals surface area contributed by atoms with Crippen molar-refractivity contribution in [3.63, 3.8) is 0 Å². The first-order valence-electron chi connectivity index (χ1n) is 5.75. The molecule has 1 unspecified atom stereocenters. The van der Waals surface area contributed by atoms with Crippen LogP contribution in [0.25, 0.3) is 0 Å². The summed E-state index contributed by atoms with van der Waals surface area (Å²) in [4.78, 5) is 24.7. The molecule has 1 heterocycles. The minimum absolute atomic E-state index is 0.0248. The van der Waals surface area contributed by atoms with Crippen LogP contribution in [0.4, 0.5) is 0 Å². The van der Waals surface area contributed by atoms with E-state index in [1.54, 1.807) is 11.8 Å². The number of nitrogens with zero attached hydrogens (tertiary/aromatic N) is 1. The van der Waals surface area contributed by atoms with E-state index in [2.05, 4.69) is 5.32 Å². The molecule has 1 atom stereocenters. The van der Waals surface area contributed by atoms with Crippen molar-refractivity contribution < 1.29 is 9.59 Å². The third-order valence-corrected chi connectivity index (χ3v) is 3.58. The number of hydrogen-bond acceptors (Lipinski definition) is 2. The molecule has 0 radical (unpaired) electrons. The Hall–Kier alpha value is -1.06. The minimum atomic E-state index is -0.286. The van der Waals surface area contributed by atoms with Gasteiger partial charge in [0, 0.05) is 6.54 Å². The molecule has 1 saturated carbocycles. The van der Waals surface area contributed by atoms with Gasteiger partial charge in [-0.3, -0.25) is 9.59 Å². The van der Waals surface area contributed by atoms with Crippen LogP contribution in [-0.2, 0) is 9.59 Å². The second kappa shape index (κ2) is 4.21. The highest BCUT2D eigenvalue weighted by molar-refractivity contribution is 5.94. The lowest BCUT2D eigenvalue weighted by Crippen LogP contribution is -2.57. The van der Waals surface area contributed by atoms with Gasteiger partial charge in [0.25, 0.3) is 0 Å². The Kier molecular flexibility index (Phi) is 2.93. The molecule has 0 spiro atoms. The molecule has 0 bridgehead atoms. The van der Waals surface area contributed by atoms with Crippen LogP contribution in [0.15, 0.2) is 0 Å². The van der Waals surface area contributed by atoms with Gasteiger partial charge in [-0.1, -0.05) is 19.3 Å². The lowest BCUT2D eigenvalue weighted by molar-refractivity contribution is -0.145. The predicted octanol–water partition coefficient (Wildman–Crippen LogP) is 0.523. The van der Waals surface area contributed by atoms with Gasteiger partial charge in [-0.05, 0) is 19.3 Å². The first kappa shape index (κ1) is 10.5. The molecule has 2 aliphatic rings. The largest absolute Gasteiger partial charge is 0.345 e. The van der Waals surface area contributed by atoms with Gasteiger partial charge in [-0.15, -0.1) is 0 Å². The monoisotopic (exact) mass is 210 g/mol. The third-order valence-electron chi connectivity index (χ3n) is 3.58. The molecule has 4 nitrogen and oxygen atoms in total. The molecule has 2 amide bonds. The zero-order chi connectivity index (χ0) is 10.8. The van der Waals surface area contributed by atoms with Crippen LogP contribution in [0.2, 0.25) is 0 Å². The fraction of sp³-hybridized carbons (Fsp3) is 0.818. The van der Waals surface area contributed by atoms with Crippen LogP contribution in [0.1, 0.15) is 32.6 Å². The van der Waals surface area contributed by atoms with Crippen molar-refractivity contribution in [3.05, 3.63) is 0 Å². The van der Waals surface area contributed by atoms with Crippen LogP contribution < -0.4 is 5.32 Å². The molecule has 1 aliphatic heterocycles. The van der Waals surface area contributed by atoms with Crippen LogP contribution in [-0.4, -0.2) is 35.8 Å². The number of rotatable bonds is 3. The average molecular weight is 210 g/mol. The Morgan fingerprint density at radius 2 is 2.13 bits per heavy atom. The van der Waals surface area contributed by atoms with Gasteiger partial charge < -0.3 is 10.2 Å². The predicted molar refractivity (Wildman–Crippen MR) is 56.1 cm³/mol. The van der Waals surface area contributed by atoms with Crippen LogP contribution in [0, 0.1) is 5.92 Å². The van der Waals surface area contributed by atoms with Crippen molar-refractivity contribution in [1.82, 2.24) is 10.2 Å². The summed E-state index contributed by atoms with van der Waals surface area (Å²) in [6.07, 6.45) is 4.98. The smallest absolute Gasteiger partial charge is 0.242 e. The van der Waals surface area contributed by atoms with Crippen molar-refractivity contribution in [2.75, 3.05) is 13.1 Å². The zero-order valence-corrected chi connectivity index (χ0v) is 9.16. The van der Waals surface area contributed by atoms with E-state index in [1.807, 2.05) is 0 Å². The van der Waals surface area contributed by atoms with Crippen molar-refractivity contribution in [1.29, 1.82) is 0 Å². The number of carbonyl (C=O) groups excluding carboxylic acids is 2. The number of piperazine rings is 1. The summed E-state index contributed by atoms with van der Waals surface area (Å²) in [5.74, 6) is 0.819. The van der Waals surface area contributed by atoms with Crippen LogP contribution >= 0.6 is 0 Å². The summed E-state index contributed by atoms with van der Waals surface area (Å²) in [5.41, 5.74) is 0. The van der Waals surface area contributed by atoms with E-state index in [1.165, 1.54) is 19.3 Å². The molecule has 1 aliphatic carbocycles. The van der Waals surface area contributed by atoms with Gasteiger partial charge in [0.05, 0.1) is 6.54 Å². The van der Waals surface area contributed by atoms with Crippen molar-refractivity contribution in [2.45, 2.75) is 38.6 Å². The maximum absolute atomic E-state index is 11.6. The van der Waals surface area contributed by atoms with Gasteiger partial charge in [0.1, 0.15) is 6.04 Å². The summed E-state index contributed by atoms with van der Waals surface area (Å²) < 4.78 is 0. The van der Waals surface area contributed by atoms with Crippen LogP contribution in [0.5, 0.6) is 0 Å². The minimum Gasteiger partial charge on any atom is -0.345 e. The molecular weight excluding hydrogens is 192 g/mol.